The van der Waals surface area contributed by atoms with Crippen LogP contribution in [0.25, 0.3) is 10.9 Å². The molecule has 1 aromatic heterocycles. The van der Waals surface area contributed by atoms with Gasteiger partial charge in [-0.05, 0) is 87.4 Å². The average molecular weight is 398 g/mol. The van der Waals surface area contributed by atoms with E-state index in [1.54, 1.807) is 12.1 Å². The summed E-state index contributed by atoms with van der Waals surface area (Å²) in [4.78, 5) is 7.27. The Morgan fingerprint density at radius 1 is 0.929 bits per heavy atom. The molecule has 0 aliphatic carbocycles. The molecule has 2 heterocycles. The molecule has 3 aromatic rings. The van der Waals surface area contributed by atoms with Crippen LogP contribution >= 0.6 is 11.6 Å². The number of pyridine rings is 1. The number of hydrogen-bond donors (Lipinski definition) is 0. The average Bonchev–Trinajstić information content (AvgIpc) is 2.72. The van der Waals surface area contributed by atoms with Gasteiger partial charge in [0.05, 0.1) is 16.6 Å². The lowest BCUT2D eigenvalue weighted by Gasteiger charge is -2.26. The van der Waals surface area contributed by atoms with Crippen molar-refractivity contribution in [3.63, 3.8) is 0 Å². The summed E-state index contributed by atoms with van der Waals surface area (Å²) in [5.41, 5.74) is 1.81. The van der Waals surface area contributed by atoms with Crippen LogP contribution < -0.4 is 5.36 Å². The number of piperidine rings is 1. The molecule has 4 rings (SSSR count). The van der Waals surface area contributed by atoms with Crippen molar-refractivity contribution in [2.45, 2.75) is 32.2 Å². The molecular formula is C23H25ClFN3. The van der Waals surface area contributed by atoms with Crippen molar-refractivity contribution in [2.24, 2.45) is 4.99 Å². The Morgan fingerprint density at radius 3 is 2.50 bits per heavy atom. The van der Waals surface area contributed by atoms with Gasteiger partial charge in [-0.2, -0.15) is 0 Å². The fourth-order valence-electron chi connectivity index (χ4n) is 3.88. The van der Waals surface area contributed by atoms with Crippen molar-refractivity contribution in [3.8, 4) is 0 Å². The SMILES string of the molecule is Fc1ccc(N=c2ccn(CCCN3CCCCC3)c3cc(Cl)ccc23)cc1. The van der Waals surface area contributed by atoms with Crippen molar-refractivity contribution in [2.75, 3.05) is 19.6 Å². The number of nitrogens with zero attached hydrogens (tertiary/aromatic N) is 3. The minimum absolute atomic E-state index is 0.254. The normalized spacial score (nSPS) is 16.0. The van der Waals surface area contributed by atoms with Gasteiger partial charge in [0.25, 0.3) is 0 Å². The number of hydrogen-bond acceptors (Lipinski definition) is 2. The first kappa shape index (κ1) is 19.2. The second kappa shape index (κ2) is 8.89. The lowest BCUT2D eigenvalue weighted by Crippen LogP contribution is -2.31. The highest BCUT2D eigenvalue weighted by atomic mass is 35.5. The van der Waals surface area contributed by atoms with Crippen LogP contribution in [0.3, 0.4) is 0 Å². The molecule has 0 spiro atoms. The third kappa shape index (κ3) is 4.62. The van der Waals surface area contributed by atoms with Gasteiger partial charge in [0.1, 0.15) is 5.82 Å². The Bertz CT molecular complexity index is 1000. The molecule has 5 heteroatoms. The Kier molecular flexibility index (Phi) is 6.08. The van der Waals surface area contributed by atoms with E-state index < -0.39 is 0 Å². The Labute approximate surface area is 170 Å². The van der Waals surface area contributed by atoms with Gasteiger partial charge in [0.15, 0.2) is 0 Å². The number of likely N-dealkylation sites (tertiary alicyclic amines) is 1. The van der Waals surface area contributed by atoms with Gasteiger partial charge in [-0.15, -0.1) is 0 Å². The van der Waals surface area contributed by atoms with Crippen LogP contribution in [-0.4, -0.2) is 29.1 Å². The standard InChI is InChI=1S/C23H25ClFN3/c24-18-5-10-21-22(26-20-8-6-19(25)7-9-20)11-16-28(23(21)17-18)15-4-14-27-12-2-1-3-13-27/h5-11,16-17H,1-4,12-15H2. The molecule has 1 aliphatic heterocycles. The molecule has 3 nitrogen and oxygen atoms in total. The number of rotatable bonds is 5. The summed E-state index contributed by atoms with van der Waals surface area (Å²) in [6, 6.07) is 14.2. The predicted molar refractivity (Wildman–Crippen MR) is 113 cm³/mol. The van der Waals surface area contributed by atoms with E-state index in [2.05, 4.69) is 15.7 Å². The van der Waals surface area contributed by atoms with Gasteiger partial charge in [0, 0.05) is 23.2 Å². The van der Waals surface area contributed by atoms with Gasteiger partial charge in [-0.3, -0.25) is 0 Å². The molecule has 0 amide bonds. The maximum absolute atomic E-state index is 13.2. The monoisotopic (exact) mass is 397 g/mol. The van der Waals surface area contributed by atoms with E-state index in [0.29, 0.717) is 0 Å². The Balaban J connectivity index is 1.61. The van der Waals surface area contributed by atoms with Crippen LogP contribution in [0.5, 0.6) is 0 Å². The maximum Gasteiger partial charge on any atom is 0.123 e. The fourth-order valence-corrected chi connectivity index (χ4v) is 4.05. The van der Waals surface area contributed by atoms with Crippen molar-refractivity contribution in [3.05, 3.63) is 70.9 Å². The van der Waals surface area contributed by atoms with Crippen LogP contribution in [-0.2, 0) is 6.54 Å². The Morgan fingerprint density at radius 2 is 1.71 bits per heavy atom. The second-order valence-corrected chi connectivity index (χ2v) is 7.84. The molecule has 0 unspecified atom stereocenters. The van der Waals surface area contributed by atoms with Crippen LogP contribution in [0, 0.1) is 5.82 Å². The summed E-state index contributed by atoms with van der Waals surface area (Å²) in [7, 11) is 0. The molecule has 1 saturated heterocycles. The molecule has 28 heavy (non-hydrogen) atoms. The molecule has 0 saturated carbocycles. The summed E-state index contributed by atoms with van der Waals surface area (Å²) >= 11 is 6.28. The van der Waals surface area contributed by atoms with Crippen LogP contribution in [0.4, 0.5) is 10.1 Å². The highest BCUT2D eigenvalue weighted by Crippen LogP contribution is 2.19. The number of fused-ring (bicyclic) bond motifs is 1. The third-order valence-corrected chi connectivity index (χ3v) is 5.59. The van der Waals surface area contributed by atoms with Crippen molar-refractivity contribution >= 4 is 28.2 Å². The highest BCUT2D eigenvalue weighted by Gasteiger charge is 2.10. The molecule has 0 radical (unpaired) electrons. The summed E-state index contributed by atoms with van der Waals surface area (Å²) in [6.45, 7) is 4.54. The summed E-state index contributed by atoms with van der Waals surface area (Å²) in [6.07, 6.45) is 7.21. The second-order valence-electron chi connectivity index (χ2n) is 7.40. The van der Waals surface area contributed by atoms with Crippen LogP contribution in [0.15, 0.2) is 59.7 Å². The van der Waals surface area contributed by atoms with E-state index in [1.807, 2.05) is 24.3 Å². The lowest BCUT2D eigenvalue weighted by molar-refractivity contribution is 0.223. The van der Waals surface area contributed by atoms with E-state index in [-0.39, 0.29) is 5.82 Å². The molecule has 0 bridgehead atoms. The molecular weight excluding hydrogens is 373 g/mol. The van der Waals surface area contributed by atoms with Crippen LogP contribution in [0.2, 0.25) is 5.02 Å². The highest BCUT2D eigenvalue weighted by molar-refractivity contribution is 6.31. The molecule has 2 aromatic carbocycles. The van der Waals surface area contributed by atoms with Gasteiger partial charge < -0.3 is 9.47 Å². The molecule has 0 atom stereocenters. The molecule has 146 valence electrons. The first-order valence-electron chi connectivity index (χ1n) is 10.0. The Hall–Kier alpha value is -2.17. The number of aryl methyl sites for hydroxylation is 1. The zero-order valence-electron chi connectivity index (χ0n) is 16.0. The van der Waals surface area contributed by atoms with Crippen molar-refractivity contribution < 1.29 is 4.39 Å². The minimum Gasteiger partial charge on any atom is -0.347 e. The predicted octanol–water partition coefficient (Wildman–Crippen LogP) is 5.54. The topological polar surface area (TPSA) is 20.5 Å². The lowest BCUT2D eigenvalue weighted by atomic mass is 10.1. The third-order valence-electron chi connectivity index (χ3n) is 5.36. The summed E-state index contributed by atoms with van der Waals surface area (Å²) in [5.74, 6) is -0.254. The number of aromatic nitrogens is 1. The van der Waals surface area contributed by atoms with Crippen LogP contribution in [0.1, 0.15) is 25.7 Å². The van der Waals surface area contributed by atoms with E-state index in [1.165, 1.54) is 44.5 Å². The van der Waals surface area contributed by atoms with Gasteiger partial charge in [0.2, 0.25) is 0 Å². The van der Waals surface area contributed by atoms with E-state index >= 15 is 0 Å². The fraction of sp³-hybridized carbons (Fsp3) is 0.348. The molecule has 0 N–H and O–H groups in total. The first-order chi connectivity index (χ1) is 13.7. The van der Waals surface area contributed by atoms with E-state index in [4.69, 9.17) is 16.6 Å². The quantitative estimate of drug-likeness (QED) is 0.553. The smallest absolute Gasteiger partial charge is 0.123 e. The number of halogens is 2. The van der Waals surface area contributed by atoms with E-state index in [0.717, 1.165) is 46.5 Å². The largest absolute Gasteiger partial charge is 0.347 e. The zero-order chi connectivity index (χ0) is 19.3. The van der Waals surface area contributed by atoms with Crippen molar-refractivity contribution in [1.29, 1.82) is 0 Å². The van der Waals surface area contributed by atoms with Gasteiger partial charge in [-0.25, -0.2) is 9.38 Å². The van der Waals surface area contributed by atoms with Crippen molar-refractivity contribution in [1.82, 2.24) is 9.47 Å². The van der Waals surface area contributed by atoms with Gasteiger partial charge in [-0.1, -0.05) is 18.0 Å². The molecule has 1 aliphatic rings. The minimum atomic E-state index is -0.254. The number of benzene rings is 2. The summed E-state index contributed by atoms with van der Waals surface area (Å²) < 4.78 is 15.4. The maximum atomic E-state index is 13.2. The summed E-state index contributed by atoms with van der Waals surface area (Å²) in [5, 5.41) is 2.64. The zero-order valence-corrected chi connectivity index (χ0v) is 16.7. The van der Waals surface area contributed by atoms with Gasteiger partial charge >= 0.3 is 0 Å². The van der Waals surface area contributed by atoms with E-state index in [9.17, 15) is 4.39 Å². The first-order valence-corrected chi connectivity index (χ1v) is 10.4. The molecule has 1 fully saturated rings.